The lowest BCUT2D eigenvalue weighted by Gasteiger charge is -2.21. The first-order valence-corrected chi connectivity index (χ1v) is 6.67. The van der Waals surface area contributed by atoms with Crippen LogP contribution >= 0.6 is 0 Å². The number of hydrogen-bond acceptors (Lipinski definition) is 3. The van der Waals surface area contributed by atoms with Crippen LogP contribution in [0.1, 0.15) is 27.7 Å². The molecule has 2 N–H and O–H groups in total. The molecule has 0 heterocycles. The van der Waals surface area contributed by atoms with E-state index in [0.717, 1.165) is 0 Å². The van der Waals surface area contributed by atoms with Gasteiger partial charge in [0.05, 0.1) is 0 Å². The van der Waals surface area contributed by atoms with Crippen molar-refractivity contribution in [2.24, 2.45) is 0 Å². The molecule has 0 rings (SSSR count). The van der Waals surface area contributed by atoms with Gasteiger partial charge in [-0.15, -0.1) is 0 Å². The van der Waals surface area contributed by atoms with Crippen molar-refractivity contribution in [1.29, 1.82) is 0 Å². The lowest BCUT2D eigenvalue weighted by Crippen LogP contribution is -2.44. The van der Waals surface area contributed by atoms with Gasteiger partial charge in [-0.2, -0.15) is 12.7 Å². The van der Waals surface area contributed by atoms with Gasteiger partial charge in [-0.3, -0.25) is 0 Å². The quantitative estimate of drug-likeness (QED) is 0.620. The van der Waals surface area contributed by atoms with E-state index in [2.05, 4.69) is 10.0 Å². The van der Waals surface area contributed by atoms with Crippen LogP contribution in [-0.4, -0.2) is 44.9 Å². The molecule has 0 atom stereocenters. The summed E-state index contributed by atoms with van der Waals surface area (Å²) >= 11 is 0. The predicted molar refractivity (Wildman–Crippen MR) is 63.0 cm³/mol. The maximum atomic E-state index is 11.6. The van der Waals surface area contributed by atoms with Crippen molar-refractivity contribution in [2.45, 2.75) is 39.8 Å². The van der Waals surface area contributed by atoms with E-state index in [1.165, 1.54) is 4.31 Å². The van der Waals surface area contributed by atoms with Gasteiger partial charge in [-0.1, -0.05) is 13.8 Å². The molecular formula is C9H23N3O2S. The van der Waals surface area contributed by atoms with E-state index >= 15 is 0 Å². The number of rotatable bonds is 7. The van der Waals surface area contributed by atoms with Gasteiger partial charge in [0.25, 0.3) is 10.2 Å². The Morgan fingerprint density at radius 1 is 1.13 bits per heavy atom. The Labute approximate surface area is 93.4 Å². The Bertz CT molecular complexity index is 263. The van der Waals surface area contributed by atoms with Crippen LogP contribution < -0.4 is 10.0 Å². The average molecular weight is 237 g/mol. The van der Waals surface area contributed by atoms with Gasteiger partial charge >= 0.3 is 0 Å². The first-order valence-electron chi connectivity index (χ1n) is 5.23. The fraction of sp³-hybridized carbons (Fsp3) is 1.00. The Balaban J connectivity index is 3.95. The summed E-state index contributed by atoms with van der Waals surface area (Å²) in [5.74, 6) is 0. The molecule has 15 heavy (non-hydrogen) atoms. The molecule has 0 aromatic carbocycles. The van der Waals surface area contributed by atoms with E-state index in [1.807, 2.05) is 27.7 Å². The summed E-state index contributed by atoms with van der Waals surface area (Å²) in [6.07, 6.45) is 0. The van der Waals surface area contributed by atoms with E-state index in [0.29, 0.717) is 19.1 Å². The molecule has 92 valence electrons. The SMILES string of the molecule is CC(C)NCCNS(=O)(=O)N(C)C(C)C. The molecule has 5 nitrogen and oxygen atoms in total. The normalized spacial score (nSPS) is 13.1. The topological polar surface area (TPSA) is 61.4 Å². The Morgan fingerprint density at radius 3 is 2.07 bits per heavy atom. The van der Waals surface area contributed by atoms with Gasteiger partial charge in [0.1, 0.15) is 0 Å². The highest BCUT2D eigenvalue weighted by atomic mass is 32.2. The Kier molecular flexibility index (Phi) is 6.35. The number of nitrogens with one attached hydrogen (secondary N) is 2. The van der Waals surface area contributed by atoms with Gasteiger partial charge in [-0.05, 0) is 13.8 Å². The molecular weight excluding hydrogens is 214 g/mol. The third kappa shape index (κ3) is 6.09. The number of nitrogens with zero attached hydrogens (tertiary/aromatic N) is 1. The lowest BCUT2D eigenvalue weighted by atomic mass is 10.4. The van der Waals surface area contributed by atoms with E-state index in [-0.39, 0.29) is 6.04 Å². The van der Waals surface area contributed by atoms with Crippen LogP contribution in [0.3, 0.4) is 0 Å². The van der Waals surface area contributed by atoms with Gasteiger partial charge in [0, 0.05) is 32.2 Å². The molecule has 6 heteroatoms. The minimum Gasteiger partial charge on any atom is -0.313 e. The number of hydrogen-bond donors (Lipinski definition) is 2. The molecule has 0 aliphatic carbocycles. The van der Waals surface area contributed by atoms with Crippen LogP contribution in [0, 0.1) is 0 Å². The molecule has 0 bridgehead atoms. The molecule has 0 saturated heterocycles. The van der Waals surface area contributed by atoms with E-state index in [9.17, 15) is 8.42 Å². The summed E-state index contributed by atoms with van der Waals surface area (Å²) in [4.78, 5) is 0. The van der Waals surface area contributed by atoms with Crippen LogP contribution in [0.2, 0.25) is 0 Å². The average Bonchev–Trinajstić information content (AvgIpc) is 2.10. The van der Waals surface area contributed by atoms with E-state index in [4.69, 9.17) is 0 Å². The second-order valence-electron chi connectivity index (χ2n) is 4.12. The van der Waals surface area contributed by atoms with Gasteiger partial charge < -0.3 is 5.32 Å². The highest BCUT2D eigenvalue weighted by molar-refractivity contribution is 7.87. The van der Waals surface area contributed by atoms with E-state index in [1.54, 1.807) is 7.05 Å². The highest BCUT2D eigenvalue weighted by Gasteiger charge is 2.18. The largest absolute Gasteiger partial charge is 0.313 e. The summed E-state index contributed by atoms with van der Waals surface area (Å²) in [6, 6.07) is 0.345. The van der Waals surface area contributed by atoms with Crippen molar-refractivity contribution in [2.75, 3.05) is 20.1 Å². The summed E-state index contributed by atoms with van der Waals surface area (Å²) in [5, 5.41) is 3.14. The molecule has 0 saturated carbocycles. The Hall–Kier alpha value is -0.170. The molecule has 0 unspecified atom stereocenters. The summed E-state index contributed by atoms with van der Waals surface area (Å²) < 4.78 is 27.1. The Morgan fingerprint density at radius 2 is 1.67 bits per heavy atom. The standard InChI is InChI=1S/C9H23N3O2S/c1-8(2)10-6-7-11-15(13,14)12(5)9(3)4/h8-11H,6-7H2,1-5H3. The van der Waals surface area contributed by atoms with Crippen LogP contribution in [-0.2, 0) is 10.2 Å². The predicted octanol–water partition coefficient (Wildman–Crippen LogP) is 0.159. The summed E-state index contributed by atoms with van der Waals surface area (Å²) in [6.45, 7) is 8.78. The minimum atomic E-state index is -3.31. The zero-order valence-corrected chi connectivity index (χ0v) is 11.1. The zero-order valence-electron chi connectivity index (χ0n) is 10.2. The molecule has 0 aliphatic rings. The molecule has 0 fully saturated rings. The van der Waals surface area contributed by atoms with Crippen molar-refractivity contribution >= 4 is 10.2 Å². The van der Waals surface area contributed by atoms with E-state index < -0.39 is 10.2 Å². The summed E-state index contributed by atoms with van der Waals surface area (Å²) in [5.41, 5.74) is 0. The van der Waals surface area contributed by atoms with Gasteiger partial charge in [0.2, 0.25) is 0 Å². The second-order valence-corrected chi connectivity index (χ2v) is 5.93. The molecule has 0 aliphatic heterocycles. The monoisotopic (exact) mass is 237 g/mol. The first-order chi connectivity index (χ1) is 6.77. The third-order valence-corrected chi connectivity index (χ3v) is 3.82. The molecule has 0 spiro atoms. The van der Waals surface area contributed by atoms with Crippen molar-refractivity contribution < 1.29 is 8.42 Å². The smallest absolute Gasteiger partial charge is 0.279 e. The second kappa shape index (κ2) is 6.42. The summed E-state index contributed by atoms with van der Waals surface area (Å²) in [7, 11) is -1.74. The van der Waals surface area contributed by atoms with Gasteiger partial charge in [-0.25, -0.2) is 4.72 Å². The minimum absolute atomic E-state index is 0.0273. The lowest BCUT2D eigenvalue weighted by molar-refractivity contribution is 0.401. The fourth-order valence-corrected chi connectivity index (χ4v) is 2.04. The van der Waals surface area contributed by atoms with Crippen molar-refractivity contribution in [3.63, 3.8) is 0 Å². The molecule has 0 aromatic rings. The van der Waals surface area contributed by atoms with Crippen LogP contribution in [0.15, 0.2) is 0 Å². The van der Waals surface area contributed by atoms with Gasteiger partial charge in [0.15, 0.2) is 0 Å². The van der Waals surface area contributed by atoms with Crippen molar-refractivity contribution in [3.05, 3.63) is 0 Å². The maximum absolute atomic E-state index is 11.6. The third-order valence-electron chi connectivity index (χ3n) is 2.07. The molecule has 0 amide bonds. The molecule has 0 radical (unpaired) electrons. The van der Waals surface area contributed by atoms with Crippen LogP contribution in [0.25, 0.3) is 0 Å². The van der Waals surface area contributed by atoms with Crippen LogP contribution in [0.4, 0.5) is 0 Å². The maximum Gasteiger partial charge on any atom is 0.279 e. The van der Waals surface area contributed by atoms with Crippen molar-refractivity contribution in [1.82, 2.24) is 14.3 Å². The highest BCUT2D eigenvalue weighted by Crippen LogP contribution is 1.99. The van der Waals surface area contributed by atoms with Crippen LogP contribution in [0.5, 0.6) is 0 Å². The fourth-order valence-electron chi connectivity index (χ4n) is 0.920. The zero-order chi connectivity index (χ0) is 12.1. The molecule has 0 aromatic heterocycles. The first kappa shape index (κ1) is 14.8. The van der Waals surface area contributed by atoms with Crippen molar-refractivity contribution in [3.8, 4) is 0 Å².